The SMILES string of the molecule is C=C1OC(=O)c2cc(Cc3ccc4c(c3)C(=O)OC4=O)ccc21. The Morgan fingerprint density at radius 2 is 1.22 bits per heavy atom. The van der Waals surface area contributed by atoms with Crippen molar-refractivity contribution >= 4 is 23.7 Å². The fourth-order valence-electron chi connectivity index (χ4n) is 2.81. The van der Waals surface area contributed by atoms with Gasteiger partial charge in [-0.3, -0.25) is 0 Å². The molecular formula is C18H10O5. The van der Waals surface area contributed by atoms with Crippen molar-refractivity contribution in [3.05, 3.63) is 76.4 Å². The van der Waals surface area contributed by atoms with E-state index < -0.39 is 17.9 Å². The predicted octanol–water partition coefficient (Wildman–Crippen LogP) is 2.73. The molecule has 0 spiro atoms. The number of rotatable bonds is 2. The average Bonchev–Trinajstić information content (AvgIpc) is 2.96. The molecule has 0 saturated carbocycles. The molecule has 23 heavy (non-hydrogen) atoms. The predicted molar refractivity (Wildman–Crippen MR) is 79.9 cm³/mol. The lowest BCUT2D eigenvalue weighted by Crippen LogP contribution is -1.98. The van der Waals surface area contributed by atoms with Gasteiger partial charge in [0.25, 0.3) is 0 Å². The quantitative estimate of drug-likeness (QED) is 0.630. The largest absolute Gasteiger partial charge is 0.423 e. The topological polar surface area (TPSA) is 69.7 Å². The van der Waals surface area contributed by atoms with Crippen molar-refractivity contribution in [2.45, 2.75) is 6.42 Å². The van der Waals surface area contributed by atoms with Crippen molar-refractivity contribution in [1.29, 1.82) is 0 Å². The van der Waals surface area contributed by atoms with E-state index in [-0.39, 0.29) is 11.1 Å². The fourth-order valence-corrected chi connectivity index (χ4v) is 2.81. The molecule has 0 bridgehead atoms. The minimum atomic E-state index is -0.624. The summed E-state index contributed by atoms with van der Waals surface area (Å²) in [5, 5.41) is 0. The lowest BCUT2D eigenvalue weighted by molar-refractivity contribution is 0.0443. The van der Waals surface area contributed by atoms with Gasteiger partial charge in [0.05, 0.1) is 16.7 Å². The van der Waals surface area contributed by atoms with Crippen LogP contribution in [0.15, 0.2) is 43.0 Å². The number of carbonyl (C=O) groups excluding carboxylic acids is 3. The van der Waals surface area contributed by atoms with Crippen molar-refractivity contribution in [1.82, 2.24) is 0 Å². The van der Waals surface area contributed by atoms with E-state index in [0.29, 0.717) is 23.3 Å². The second-order valence-corrected chi connectivity index (χ2v) is 5.43. The van der Waals surface area contributed by atoms with Gasteiger partial charge in [-0.25, -0.2) is 14.4 Å². The van der Waals surface area contributed by atoms with Crippen molar-refractivity contribution in [2.24, 2.45) is 0 Å². The molecule has 2 aromatic carbocycles. The first-order chi connectivity index (χ1) is 11.0. The van der Waals surface area contributed by atoms with Gasteiger partial charge in [-0.05, 0) is 35.7 Å². The minimum Gasteiger partial charge on any atom is -0.423 e. The third-order valence-corrected chi connectivity index (χ3v) is 3.94. The molecule has 0 radical (unpaired) electrons. The summed E-state index contributed by atoms with van der Waals surface area (Å²) in [6.07, 6.45) is 0.516. The Bertz CT molecular complexity index is 848. The molecule has 0 aliphatic carbocycles. The minimum absolute atomic E-state index is 0.279. The number of ether oxygens (including phenoxy) is 2. The molecule has 0 saturated heterocycles. The lowest BCUT2D eigenvalue weighted by atomic mass is 9.97. The molecule has 2 aliphatic heterocycles. The number of hydrogen-bond donors (Lipinski definition) is 0. The Kier molecular flexibility index (Phi) is 2.72. The van der Waals surface area contributed by atoms with Gasteiger partial charge in [-0.15, -0.1) is 0 Å². The van der Waals surface area contributed by atoms with E-state index >= 15 is 0 Å². The number of benzene rings is 2. The van der Waals surface area contributed by atoms with Crippen molar-refractivity contribution in [3.63, 3.8) is 0 Å². The molecule has 5 nitrogen and oxygen atoms in total. The molecule has 0 aromatic heterocycles. The zero-order chi connectivity index (χ0) is 16.1. The molecule has 2 heterocycles. The number of hydrogen-bond acceptors (Lipinski definition) is 5. The molecule has 2 aromatic rings. The molecule has 0 atom stereocenters. The van der Waals surface area contributed by atoms with E-state index in [9.17, 15) is 14.4 Å². The van der Waals surface area contributed by atoms with E-state index in [1.807, 2.05) is 6.07 Å². The monoisotopic (exact) mass is 306 g/mol. The zero-order valence-electron chi connectivity index (χ0n) is 11.9. The van der Waals surface area contributed by atoms with Gasteiger partial charge in [0, 0.05) is 5.56 Å². The molecule has 0 unspecified atom stereocenters. The summed E-state index contributed by atoms with van der Waals surface area (Å²) >= 11 is 0. The lowest BCUT2D eigenvalue weighted by Gasteiger charge is -2.04. The first-order valence-corrected chi connectivity index (χ1v) is 6.97. The Balaban J connectivity index is 1.68. The summed E-state index contributed by atoms with van der Waals surface area (Å²) in [4.78, 5) is 34.8. The second-order valence-electron chi connectivity index (χ2n) is 5.43. The first kappa shape index (κ1) is 13.5. The zero-order valence-corrected chi connectivity index (χ0v) is 11.9. The van der Waals surface area contributed by atoms with Crippen molar-refractivity contribution < 1.29 is 23.9 Å². The smallest absolute Gasteiger partial charge is 0.346 e. The summed E-state index contributed by atoms with van der Waals surface area (Å²) in [5.74, 6) is -1.29. The molecule has 0 amide bonds. The molecular weight excluding hydrogens is 296 g/mol. The van der Waals surface area contributed by atoms with Crippen LogP contribution in [-0.2, 0) is 15.9 Å². The number of esters is 3. The van der Waals surface area contributed by atoms with Gasteiger partial charge < -0.3 is 9.47 Å². The number of cyclic esters (lactones) is 3. The average molecular weight is 306 g/mol. The van der Waals surface area contributed by atoms with Crippen LogP contribution in [0.5, 0.6) is 0 Å². The van der Waals surface area contributed by atoms with Crippen LogP contribution >= 0.6 is 0 Å². The Morgan fingerprint density at radius 1 is 0.696 bits per heavy atom. The maximum atomic E-state index is 11.7. The van der Waals surface area contributed by atoms with E-state index in [4.69, 9.17) is 4.74 Å². The van der Waals surface area contributed by atoms with E-state index in [1.54, 1.807) is 30.3 Å². The number of carbonyl (C=O) groups is 3. The third kappa shape index (κ3) is 2.05. The highest BCUT2D eigenvalue weighted by atomic mass is 16.6. The van der Waals surface area contributed by atoms with Crippen molar-refractivity contribution in [2.75, 3.05) is 0 Å². The Labute approximate surface area is 131 Å². The van der Waals surface area contributed by atoms with E-state index in [1.165, 1.54) is 0 Å². The second kappa shape index (κ2) is 4.64. The van der Waals surface area contributed by atoms with E-state index in [2.05, 4.69) is 11.3 Å². The summed E-state index contributed by atoms with van der Waals surface area (Å²) in [6, 6.07) is 10.4. The maximum absolute atomic E-state index is 11.7. The maximum Gasteiger partial charge on any atom is 0.346 e. The van der Waals surface area contributed by atoms with Gasteiger partial charge >= 0.3 is 17.9 Å². The van der Waals surface area contributed by atoms with Gasteiger partial charge in [0.1, 0.15) is 5.76 Å². The number of fused-ring (bicyclic) bond motifs is 2. The van der Waals surface area contributed by atoms with Crippen LogP contribution in [0.4, 0.5) is 0 Å². The summed E-state index contributed by atoms with van der Waals surface area (Å²) in [7, 11) is 0. The highest BCUT2D eigenvalue weighted by Gasteiger charge is 2.29. The molecule has 0 N–H and O–H groups in total. The fraction of sp³-hybridized carbons (Fsp3) is 0.0556. The van der Waals surface area contributed by atoms with Crippen LogP contribution in [0, 0.1) is 0 Å². The molecule has 112 valence electrons. The summed E-state index contributed by atoms with van der Waals surface area (Å²) in [6.45, 7) is 3.69. The normalized spacial score (nSPS) is 15.3. The highest BCUT2D eigenvalue weighted by Crippen LogP contribution is 2.30. The Hall–Kier alpha value is -3.21. The standard InChI is InChI=1S/C18H10O5/c1-9-12-4-2-10(7-14(12)17(20)22-9)6-11-3-5-13-15(8-11)18(21)23-16(13)19/h2-5,7-8H,1,6H2. The summed E-state index contributed by atoms with van der Waals surface area (Å²) in [5.41, 5.74) is 3.49. The highest BCUT2D eigenvalue weighted by molar-refractivity contribution is 6.14. The van der Waals surface area contributed by atoms with Crippen molar-refractivity contribution in [3.8, 4) is 0 Å². The van der Waals surface area contributed by atoms with Gasteiger partial charge in [0.2, 0.25) is 0 Å². The van der Waals surface area contributed by atoms with Gasteiger partial charge in [-0.1, -0.05) is 24.8 Å². The molecule has 0 fully saturated rings. The van der Waals surface area contributed by atoms with Crippen LogP contribution < -0.4 is 0 Å². The van der Waals surface area contributed by atoms with Gasteiger partial charge in [0.15, 0.2) is 0 Å². The Morgan fingerprint density at radius 3 is 1.91 bits per heavy atom. The van der Waals surface area contributed by atoms with Crippen LogP contribution in [0.1, 0.15) is 47.8 Å². The van der Waals surface area contributed by atoms with Crippen LogP contribution in [-0.4, -0.2) is 17.9 Å². The first-order valence-electron chi connectivity index (χ1n) is 6.97. The van der Waals surface area contributed by atoms with E-state index in [0.717, 1.165) is 11.1 Å². The summed E-state index contributed by atoms with van der Waals surface area (Å²) < 4.78 is 9.57. The van der Waals surface area contributed by atoms with Gasteiger partial charge in [-0.2, -0.15) is 0 Å². The van der Waals surface area contributed by atoms with Crippen LogP contribution in [0.3, 0.4) is 0 Å². The molecule has 5 heteroatoms. The molecule has 2 aliphatic rings. The van der Waals surface area contributed by atoms with Crippen LogP contribution in [0.2, 0.25) is 0 Å². The van der Waals surface area contributed by atoms with Crippen LogP contribution in [0.25, 0.3) is 5.76 Å². The third-order valence-electron chi connectivity index (χ3n) is 3.94. The molecule has 4 rings (SSSR count).